The van der Waals surface area contributed by atoms with Gasteiger partial charge in [-0.15, -0.1) is 0 Å². The molecule has 106 valence electrons. The summed E-state index contributed by atoms with van der Waals surface area (Å²) in [4.78, 5) is 10.9. The normalized spacial score (nSPS) is 11.1. The van der Waals surface area contributed by atoms with Crippen LogP contribution < -0.4 is 5.32 Å². The molecule has 21 heavy (non-hydrogen) atoms. The Labute approximate surface area is 122 Å². The number of anilines is 1. The Morgan fingerprint density at radius 1 is 1.05 bits per heavy atom. The molecule has 0 bridgehead atoms. The molecule has 0 aliphatic heterocycles. The standard InChI is InChI=1S/C16H15N3O2/c1-12(20)19-15-8-6-13(7-9-15)10-17-18-11-14-4-2-3-5-16(14)21/h2-11,21H,1H3,(H,19,20)/b17-10?,18-11+. The van der Waals surface area contributed by atoms with Crippen LogP contribution in [0, 0.1) is 0 Å². The van der Waals surface area contributed by atoms with E-state index in [1.54, 1.807) is 36.5 Å². The number of amides is 1. The first-order valence-corrected chi connectivity index (χ1v) is 6.37. The van der Waals surface area contributed by atoms with Crippen LogP contribution in [0.15, 0.2) is 58.7 Å². The summed E-state index contributed by atoms with van der Waals surface area (Å²) in [5.41, 5.74) is 2.20. The Hall–Kier alpha value is -2.95. The zero-order valence-electron chi connectivity index (χ0n) is 11.5. The number of hydrogen-bond donors (Lipinski definition) is 2. The van der Waals surface area contributed by atoms with Crippen molar-refractivity contribution in [1.29, 1.82) is 0 Å². The lowest BCUT2D eigenvalue weighted by atomic mass is 10.2. The summed E-state index contributed by atoms with van der Waals surface area (Å²) in [5, 5.41) is 20.0. The number of phenols is 1. The van der Waals surface area contributed by atoms with Crippen molar-refractivity contribution >= 4 is 24.0 Å². The summed E-state index contributed by atoms with van der Waals surface area (Å²) >= 11 is 0. The third kappa shape index (κ3) is 4.58. The highest BCUT2D eigenvalue weighted by Crippen LogP contribution is 2.12. The molecule has 0 atom stereocenters. The molecule has 0 radical (unpaired) electrons. The Kier molecular flexibility index (Phi) is 4.82. The second kappa shape index (κ2) is 7.00. The molecule has 0 saturated carbocycles. The summed E-state index contributed by atoms with van der Waals surface area (Å²) in [5.74, 6) is 0.0554. The topological polar surface area (TPSA) is 74.0 Å². The zero-order valence-corrected chi connectivity index (χ0v) is 11.5. The third-order valence-corrected chi connectivity index (χ3v) is 2.64. The highest BCUT2D eigenvalue weighted by molar-refractivity contribution is 5.89. The Bertz CT molecular complexity index is 676. The fourth-order valence-corrected chi connectivity index (χ4v) is 1.65. The van der Waals surface area contributed by atoms with Gasteiger partial charge in [-0.2, -0.15) is 10.2 Å². The van der Waals surface area contributed by atoms with Crippen molar-refractivity contribution in [2.45, 2.75) is 6.92 Å². The average Bonchev–Trinajstić information content (AvgIpc) is 2.46. The molecule has 5 heteroatoms. The molecule has 0 fully saturated rings. The first-order chi connectivity index (χ1) is 10.1. The lowest BCUT2D eigenvalue weighted by Gasteiger charge is -2.00. The molecule has 0 aliphatic carbocycles. The van der Waals surface area contributed by atoms with Crippen molar-refractivity contribution in [2.24, 2.45) is 10.2 Å². The van der Waals surface area contributed by atoms with Gasteiger partial charge in [0.1, 0.15) is 5.75 Å². The summed E-state index contributed by atoms with van der Waals surface area (Å²) in [6.07, 6.45) is 3.07. The predicted octanol–water partition coefficient (Wildman–Crippen LogP) is 2.80. The van der Waals surface area contributed by atoms with Crippen LogP contribution in [-0.4, -0.2) is 23.4 Å². The van der Waals surface area contributed by atoms with Crippen molar-refractivity contribution in [2.75, 3.05) is 5.32 Å². The van der Waals surface area contributed by atoms with E-state index in [1.807, 2.05) is 18.2 Å². The van der Waals surface area contributed by atoms with E-state index in [0.29, 0.717) is 5.56 Å². The number of nitrogens with one attached hydrogen (secondary N) is 1. The monoisotopic (exact) mass is 281 g/mol. The number of aromatic hydroxyl groups is 1. The van der Waals surface area contributed by atoms with Crippen LogP contribution in [-0.2, 0) is 4.79 Å². The molecule has 2 aromatic carbocycles. The zero-order chi connectivity index (χ0) is 15.1. The van der Waals surface area contributed by atoms with Crippen molar-refractivity contribution in [3.63, 3.8) is 0 Å². The lowest BCUT2D eigenvalue weighted by molar-refractivity contribution is -0.114. The fourth-order valence-electron chi connectivity index (χ4n) is 1.65. The molecule has 0 unspecified atom stereocenters. The van der Waals surface area contributed by atoms with Gasteiger partial charge < -0.3 is 10.4 Å². The molecule has 0 heterocycles. The highest BCUT2D eigenvalue weighted by Gasteiger charge is 1.95. The lowest BCUT2D eigenvalue weighted by Crippen LogP contribution is -2.05. The van der Waals surface area contributed by atoms with Gasteiger partial charge in [0.2, 0.25) is 5.91 Å². The van der Waals surface area contributed by atoms with E-state index >= 15 is 0 Å². The molecule has 0 aliphatic rings. The molecule has 2 aromatic rings. The second-order valence-electron chi connectivity index (χ2n) is 4.35. The number of para-hydroxylation sites is 1. The maximum atomic E-state index is 10.9. The van der Waals surface area contributed by atoms with Gasteiger partial charge in [0.05, 0.1) is 12.4 Å². The smallest absolute Gasteiger partial charge is 0.221 e. The minimum atomic E-state index is -0.108. The molecule has 5 nitrogen and oxygen atoms in total. The number of carbonyl (C=O) groups excluding carboxylic acids is 1. The van der Waals surface area contributed by atoms with Gasteiger partial charge in [-0.25, -0.2) is 0 Å². The van der Waals surface area contributed by atoms with Gasteiger partial charge in [-0.3, -0.25) is 4.79 Å². The maximum absolute atomic E-state index is 10.9. The summed E-state index contributed by atoms with van der Waals surface area (Å²) in [7, 11) is 0. The Balaban J connectivity index is 1.98. The van der Waals surface area contributed by atoms with Gasteiger partial charge in [0, 0.05) is 18.2 Å². The van der Waals surface area contributed by atoms with E-state index in [1.165, 1.54) is 13.1 Å². The molecule has 0 saturated heterocycles. The highest BCUT2D eigenvalue weighted by atomic mass is 16.3. The minimum Gasteiger partial charge on any atom is -0.507 e. The number of carbonyl (C=O) groups is 1. The van der Waals surface area contributed by atoms with Crippen LogP contribution in [0.1, 0.15) is 18.1 Å². The van der Waals surface area contributed by atoms with Crippen LogP contribution in [0.25, 0.3) is 0 Å². The van der Waals surface area contributed by atoms with E-state index in [-0.39, 0.29) is 11.7 Å². The molecule has 2 rings (SSSR count). The predicted molar refractivity (Wildman–Crippen MR) is 84.0 cm³/mol. The van der Waals surface area contributed by atoms with Crippen molar-refractivity contribution in [1.82, 2.24) is 0 Å². The molecular formula is C16H15N3O2. The van der Waals surface area contributed by atoms with Crippen molar-refractivity contribution < 1.29 is 9.90 Å². The number of nitrogens with zero attached hydrogens (tertiary/aromatic N) is 2. The number of rotatable bonds is 4. The fraction of sp³-hybridized carbons (Fsp3) is 0.0625. The van der Waals surface area contributed by atoms with E-state index < -0.39 is 0 Å². The van der Waals surface area contributed by atoms with E-state index in [4.69, 9.17) is 0 Å². The quantitative estimate of drug-likeness (QED) is 0.668. The third-order valence-electron chi connectivity index (χ3n) is 2.64. The van der Waals surface area contributed by atoms with Gasteiger partial charge in [0.25, 0.3) is 0 Å². The SMILES string of the molecule is CC(=O)Nc1ccc(C=N/N=C/c2ccccc2O)cc1. The largest absolute Gasteiger partial charge is 0.507 e. The summed E-state index contributed by atoms with van der Waals surface area (Å²) in [6, 6.07) is 14.1. The summed E-state index contributed by atoms with van der Waals surface area (Å²) < 4.78 is 0. The van der Waals surface area contributed by atoms with Crippen LogP contribution in [0.2, 0.25) is 0 Å². The maximum Gasteiger partial charge on any atom is 0.221 e. The van der Waals surface area contributed by atoms with E-state index in [2.05, 4.69) is 15.5 Å². The van der Waals surface area contributed by atoms with Crippen LogP contribution in [0.3, 0.4) is 0 Å². The number of phenolic OH excluding ortho intramolecular Hbond substituents is 1. The van der Waals surface area contributed by atoms with Gasteiger partial charge in [-0.05, 0) is 29.8 Å². The second-order valence-corrected chi connectivity index (χ2v) is 4.35. The van der Waals surface area contributed by atoms with E-state index in [9.17, 15) is 9.90 Å². The molecular weight excluding hydrogens is 266 g/mol. The molecule has 0 aromatic heterocycles. The number of benzene rings is 2. The summed E-state index contributed by atoms with van der Waals surface area (Å²) in [6.45, 7) is 1.46. The van der Waals surface area contributed by atoms with Gasteiger partial charge in [0.15, 0.2) is 0 Å². The first kappa shape index (κ1) is 14.5. The molecule has 1 amide bonds. The van der Waals surface area contributed by atoms with Crippen LogP contribution >= 0.6 is 0 Å². The molecule has 0 spiro atoms. The van der Waals surface area contributed by atoms with E-state index in [0.717, 1.165) is 11.3 Å². The first-order valence-electron chi connectivity index (χ1n) is 6.37. The number of hydrogen-bond acceptors (Lipinski definition) is 4. The minimum absolute atomic E-state index is 0.108. The average molecular weight is 281 g/mol. The Morgan fingerprint density at radius 2 is 1.71 bits per heavy atom. The van der Waals surface area contributed by atoms with Crippen LogP contribution in [0.4, 0.5) is 5.69 Å². The molecule has 2 N–H and O–H groups in total. The van der Waals surface area contributed by atoms with Crippen LogP contribution in [0.5, 0.6) is 5.75 Å². The van der Waals surface area contributed by atoms with Crippen molar-refractivity contribution in [3.05, 3.63) is 59.7 Å². The van der Waals surface area contributed by atoms with Gasteiger partial charge in [-0.1, -0.05) is 24.3 Å². The Morgan fingerprint density at radius 3 is 2.38 bits per heavy atom. The van der Waals surface area contributed by atoms with Crippen molar-refractivity contribution in [3.8, 4) is 5.75 Å². The van der Waals surface area contributed by atoms with Gasteiger partial charge >= 0.3 is 0 Å².